The van der Waals surface area contributed by atoms with Crippen LogP contribution in [0.1, 0.15) is 5.56 Å². The summed E-state index contributed by atoms with van der Waals surface area (Å²) >= 11 is 5.46. The second kappa shape index (κ2) is 4.80. The average molecular weight is 283 g/mol. The molecule has 0 spiro atoms. The van der Waals surface area contributed by atoms with E-state index < -0.39 is 0 Å². The van der Waals surface area contributed by atoms with E-state index in [1.54, 1.807) is 0 Å². The standard InChI is InChI=1S/C16H17N3S/c1-11-4-9-15-14(10-11)17-16(20)19(15)13-7-5-12(6-8-13)18(2)3/h4-10H,1-3H3,(H,17,20). The fourth-order valence-electron chi connectivity index (χ4n) is 2.38. The van der Waals surface area contributed by atoms with E-state index in [4.69, 9.17) is 12.2 Å². The second-order valence-corrected chi connectivity index (χ2v) is 5.58. The molecule has 0 radical (unpaired) electrons. The molecule has 0 atom stereocenters. The van der Waals surface area contributed by atoms with Crippen molar-refractivity contribution < 1.29 is 0 Å². The highest BCUT2D eigenvalue weighted by Crippen LogP contribution is 2.22. The average Bonchev–Trinajstić information content (AvgIpc) is 2.73. The molecule has 0 saturated carbocycles. The monoisotopic (exact) mass is 283 g/mol. The molecule has 0 saturated heterocycles. The van der Waals surface area contributed by atoms with Crippen molar-refractivity contribution >= 4 is 28.9 Å². The second-order valence-electron chi connectivity index (χ2n) is 5.20. The Morgan fingerprint density at radius 3 is 2.40 bits per heavy atom. The van der Waals surface area contributed by atoms with E-state index in [0.29, 0.717) is 0 Å². The number of rotatable bonds is 2. The zero-order valence-electron chi connectivity index (χ0n) is 11.8. The predicted molar refractivity (Wildman–Crippen MR) is 87.5 cm³/mol. The minimum Gasteiger partial charge on any atom is -0.378 e. The van der Waals surface area contributed by atoms with Gasteiger partial charge in [-0.2, -0.15) is 0 Å². The molecule has 3 nitrogen and oxygen atoms in total. The van der Waals surface area contributed by atoms with Crippen LogP contribution < -0.4 is 4.90 Å². The van der Waals surface area contributed by atoms with Crippen LogP contribution in [-0.2, 0) is 0 Å². The van der Waals surface area contributed by atoms with E-state index in [1.165, 1.54) is 11.3 Å². The van der Waals surface area contributed by atoms with Gasteiger partial charge in [-0.25, -0.2) is 0 Å². The summed E-state index contributed by atoms with van der Waals surface area (Å²) in [4.78, 5) is 5.36. The molecule has 0 fully saturated rings. The quantitative estimate of drug-likeness (QED) is 0.717. The van der Waals surface area contributed by atoms with Gasteiger partial charge in [-0.1, -0.05) is 6.07 Å². The maximum absolute atomic E-state index is 5.46. The Kier molecular flexibility index (Phi) is 3.10. The van der Waals surface area contributed by atoms with Crippen molar-refractivity contribution in [2.45, 2.75) is 6.92 Å². The largest absolute Gasteiger partial charge is 0.378 e. The van der Waals surface area contributed by atoms with Crippen LogP contribution in [0, 0.1) is 11.7 Å². The molecule has 0 bridgehead atoms. The topological polar surface area (TPSA) is 24.0 Å². The molecule has 0 aliphatic rings. The van der Waals surface area contributed by atoms with E-state index in [1.807, 2.05) is 14.1 Å². The number of aromatic amines is 1. The zero-order chi connectivity index (χ0) is 14.3. The van der Waals surface area contributed by atoms with Crippen molar-refractivity contribution in [3.8, 4) is 5.69 Å². The fraction of sp³-hybridized carbons (Fsp3) is 0.188. The maximum atomic E-state index is 5.46. The molecule has 0 unspecified atom stereocenters. The molecule has 20 heavy (non-hydrogen) atoms. The van der Waals surface area contributed by atoms with Crippen molar-refractivity contribution in [2.75, 3.05) is 19.0 Å². The Morgan fingerprint density at radius 2 is 1.75 bits per heavy atom. The number of hydrogen-bond acceptors (Lipinski definition) is 2. The third kappa shape index (κ3) is 2.12. The molecule has 3 aromatic rings. The van der Waals surface area contributed by atoms with E-state index in [9.17, 15) is 0 Å². The summed E-state index contributed by atoms with van der Waals surface area (Å²) in [5, 5.41) is 0. The number of imidazole rings is 1. The van der Waals surface area contributed by atoms with Crippen LogP contribution >= 0.6 is 12.2 Å². The Balaban J connectivity index is 2.19. The number of fused-ring (bicyclic) bond motifs is 1. The van der Waals surface area contributed by atoms with Gasteiger partial charge < -0.3 is 9.88 Å². The number of aryl methyl sites for hydroxylation is 1. The van der Waals surface area contributed by atoms with E-state index in [-0.39, 0.29) is 0 Å². The summed E-state index contributed by atoms with van der Waals surface area (Å²) in [7, 11) is 4.07. The molecule has 1 heterocycles. The molecular formula is C16H17N3S. The van der Waals surface area contributed by atoms with Gasteiger partial charge in [0.1, 0.15) is 0 Å². The minimum atomic E-state index is 0.725. The summed E-state index contributed by atoms with van der Waals surface area (Å²) in [6, 6.07) is 14.7. The summed E-state index contributed by atoms with van der Waals surface area (Å²) in [6.07, 6.45) is 0. The van der Waals surface area contributed by atoms with Gasteiger partial charge >= 0.3 is 0 Å². The van der Waals surface area contributed by atoms with Gasteiger partial charge in [-0.05, 0) is 61.1 Å². The van der Waals surface area contributed by atoms with Crippen molar-refractivity contribution in [1.29, 1.82) is 0 Å². The lowest BCUT2D eigenvalue weighted by Crippen LogP contribution is -2.08. The highest BCUT2D eigenvalue weighted by Gasteiger charge is 2.06. The van der Waals surface area contributed by atoms with Crippen LogP contribution in [0.4, 0.5) is 5.69 Å². The minimum absolute atomic E-state index is 0.725. The highest BCUT2D eigenvalue weighted by atomic mass is 32.1. The smallest absolute Gasteiger partial charge is 0.182 e. The van der Waals surface area contributed by atoms with Crippen LogP contribution in [0.15, 0.2) is 42.5 Å². The highest BCUT2D eigenvalue weighted by molar-refractivity contribution is 7.71. The number of anilines is 1. The van der Waals surface area contributed by atoms with Gasteiger partial charge in [0.15, 0.2) is 4.77 Å². The molecule has 4 heteroatoms. The molecule has 1 N–H and O–H groups in total. The van der Waals surface area contributed by atoms with E-state index in [0.717, 1.165) is 21.5 Å². The van der Waals surface area contributed by atoms with Crippen molar-refractivity contribution in [3.63, 3.8) is 0 Å². The van der Waals surface area contributed by atoms with Crippen LogP contribution in [0.3, 0.4) is 0 Å². The van der Waals surface area contributed by atoms with Crippen LogP contribution in [0.25, 0.3) is 16.7 Å². The maximum Gasteiger partial charge on any atom is 0.182 e. The number of aromatic nitrogens is 2. The normalized spacial score (nSPS) is 10.9. The van der Waals surface area contributed by atoms with Crippen LogP contribution in [0.2, 0.25) is 0 Å². The van der Waals surface area contributed by atoms with Crippen molar-refractivity contribution in [1.82, 2.24) is 9.55 Å². The fourth-order valence-corrected chi connectivity index (χ4v) is 2.70. The number of nitrogens with one attached hydrogen (secondary N) is 1. The first-order valence-electron chi connectivity index (χ1n) is 6.55. The lowest BCUT2D eigenvalue weighted by Gasteiger charge is -2.13. The number of nitrogens with zero attached hydrogens (tertiary/aromatic N) is 2. The third-order valence-electron chi connectivity index (χ3n) is 3.46. The molecule has 3 rings (SSSR count). The zero-order valence-corrected chi connectivity index (χ0v) is 12.7. The molecule has 2 aromatic carbocycles. The first-order chi connectivity index (χ1) is 9.56. The molecule has 0 aliphatic carbocycles. The third-order valence-corrected chi connectivity index (χ3v) is 3.75. The number of H-pyrrole nitrogens is 1. The molecule has 102 valence electrons. The first kappa shape index (κ1) is 12.9. The van der Waals surface area contributed by atoms with Crippen molar-refractivity contribution in [2.24, 2.45) is 0 Å². The Labute approximate surface area is 123 Å². The summed E-state index contributed by atoms with van der Waals surface area (Å²) in [5.74, 6) is 0. The van der Waals surface area contributed by atoms with Crippen LogP contribution in [0.5, 0.6) is 0 Å². The molecule has 0 amide bonds. The summed E-state index contributed by atoms with van der Waals surface area (Å²) in [5.41, 5.74) is 5.67. The lowest BCUT2D eigenvalue weighted by molar-refractivity contribution is 1.06. The van der Waals surface area contributed by atoms with Gasteiger partial charge in [0.2, 0.25) is 0 Å². The van der Waals surface area contributed by atoms with Gasteiger partial charge in [-0.15, -0.1) is 0 Å². The van der Waals surface area contributed by atoms with Gasteiger partial charge in [0.05, 0.1) is 11.0 Å². The Morgan fingerprint density at radius 1 is 1.05 bits per heavy atom. The van der Waals surface area contributed by atoms with E-state index >= 15 is 0 Å². The Bertz CT molecular complexity index is 810. The lowest BCUT2D eigenvalue weighted by atomic mass is 10.2. The van der Waals surface area contributed by atoms with Crippen molar-refractivity contribution in [3.05, 3.63) is 52.8 Å². The van der Waals surface area contributed by atoms with Crippen LogP contribution in [-0.4, -0.2) is 23.6 Å². The number of hydrogen-bond donors (Lipinski definition) is 1. The predicted octanol–water partition coefficient (Wildman–Crippen LogP) is 4.06. The SMILES string of the molecule is Cc1ccc2c(c1)[nH]c(=S)n2-c1ccc(N(C)C)cc1. The summed E-state index contributed by atoms with van der Waals surface area (Å²) < 4.78 is 2.80. The number of benzene rings is 2. The van der Waals surface area contributed by atoms with Gasteiger partial charge in [-0.3, -0.25) is 4.57 Å². The molecule has 0 aliphatic heterocycles. The van der Waals surface area contributed by atoms with E-state index in [2.05, 4.69) is 63.8 Å². The Hall–Kier alpha value is -2.07. The summed E-state index contributed by atoms with van der Waals surface area (Å²) in [6.45, 7) is 2.08. The first-order valence-corrected chi connectivity index (χ1v) is 6.96. The molecular weight excluding hydrogens is 266 g/mol. The molecule has 1 aromatic heterocycles. The van der Waals surface area contributed by atoms with Gasteiger partial charge in [0.25, 0.3) is 0 Å². The van der Waals surface area contributed by atoms with Gasteiger partial charge in [0, 0.05) is 25.5 Å².